The Kier molecular flexibility index (Phi) is 5.27. The van der Waals surface area contributed by atoms with Crippen molar-refractivity contribution in [2.24, 2.45) is 5.41 Å². The summed E-state index contributed by atoms with van der Waals surface area (Å²) in [5.74, 6) is 0. The summed E-state index contributed by atoms with van der Waals surface area (Å²) in [5, 5.41) is 3.61. The smallest absolute Gasteiger partial charge is 0.0223 e. The van der Waals surface area contributed by atoms with Gasteiger partial charge in [-0.2, -0.15) is 0 Å². The van der Waals surface area contributed by atoms with Gasteiger partial charge in [0.05, 0.1) is 0 Å². The molecule has 2 aliphatic rings. The molecule has 0 aromatic carbocycles. The van der Waals surface area contributed by atoms with Crippen LogP contribution in [0.3, 0.4) is 0 Å². The summed E-state index contributed by atoms with van der Waals surface area (Å²) in [6, 6.07) is 1.69. The van der Waals surface area contributed by atoms with Gasteiger partial charge in [-0.15, -0.1) is 0 Å². The summed E-state index contributed by atoms with van der Waals surface area (Å²) in [4.78, 5) is 5.30. The number of likely N-dealkylation sites (N-methyl/N-ethyl adjacent to an activating group) is 1. The number of nitrogens with zero attached hydrogens (tertiary/aromatic N) is 2. The second kappa shape index (κ2) is 6.55. The van der Waals surface area contributed by atoms with Crippen molar-refractivity contribution in [3.05, 3.63) is 0 Å². The van der Waals surface area contributed by atoms with E-state index in [0.717, 1.165) is 25.2 Å². The molecule has 0 saturated carbocycles. The number of rotatable bonds is 5. The Morgan fingerprint density at radius 3 is 2.53 bits per heavy atom. The van der Waals surface area contributed by atoms with Crippen LogP contribution in [0, 0.1) is 5.41 Å². The van der Waals surface area contributed by atoms with E-state index < -0.39 is 0 Å². The molecule has 2 saturated heterocycles. The molecule has 2 heterocycles. The lowest BCUT2D eigenvalue weighted by Crippen LogP contribution is -2.39. The van der Waals surface area contributed by atoms with E-state index in [1.165, 1.54) is 45.3 Å². The quantitative estimate of drug-likeness (QED) is 0.770. The average Bonchev–Trinajstić information content (AvgIpc) is 2.54. The first-order valence-corrected chi connectivity index (χ1v) is 8.11. The predicted octanol–water partition coefficient (Wildman–Crippen LogP) is 2.18. The highest BCUT2D eigenvalue weighted by Gasteiger charge is 2.34. The van der Waals surface area contributed by atoms with Crippen LogP contribution in [0.2, 0.25) is 0 Å². The molecule has 2 fully saturated rings. The molecule has 0 spiro atoms. The average molecular weight is 267 g/mol. The Bertz CT molecular complexity index is 272. The molecule has 3 nitrogen and oxygen atoms in total. The fourth-order valence-electron chi connectivity index (χ4n) is 3.41. The van der Waals surface area contributed by atoms with Crippen molar-refractivity contribution in [2.75, 3.05) is 39.8 Å². The van der Waals surface area contributed by atoms with Crippen molar-refractivity contribution >= 4 is 0 Å². The molecule has 0 radical (unpaired) electrons. The Hall–Kier alpha value is -0.120. The number of likely N-dealkylation sites (tertiary alicyclic amines) is 1. The van der Waals surface area contributed by atoms with Gasteiger partial charge in [-0.3, -0.25) is 4.90 Å². The van der Waals surface area contributed by atoms with Crippen LogP contribution in [-0.2, 0) is 0 Å². The second-order valence-electron chi connectivity index (χ2n) is 7.70. The summed E-state index contributed by atoms with van der Waals surface area (Å²) in [6.07, 6.45) is 5.48. The van der Waals surface area contributed by atoms with Gasteiger partial charge in [0, 0.05) is 31.7 Å². The fourth-order valence-corrected chi connectivity index (χ4v) is 3.41. The maximum absolute atomic E-state index is 3.61. The zero-order valence-corrected chi connectivity index (χ0v) is 13.4. The van der Waals surface area contributed by atoms with Crippen LogP contribution >= 0.6 is 0 Å². The van der Waals surface area contributed by atoms with Crippen LogP contribution in [0.25, 0.3) is 0 Å². The van der Waals surface area contributed by atoms with E-state index in [2.05, 4.69) is 42.9 Å². The summed E-state index contributed by atoms with van der Waals surface area (Å²) in [7, 11) is 2.33. The topological polar surface area (TPSA) is 18.5 Å². The van der Waals surface area contributed by atoms with Crippen molar-refractivity contribution in [1.29, 1.82) is 0 Å². The molecular formula is C16H33N3. The molecule has 0 aliphatic carbocycles. The minimum absolute atomic E-state index is 0.456. The van der Waals surface area contributed by atoms with Gasteiger partial charge in [-0.1, -0.05) is 20.8 Å². The number of nitrogens with one attached hydrogen (secondary N) is 1. The largest absolute Gasteiger partial charge is 0.315 e. The molecule has 112 valence electrons. The maximum Gasteiger partial charge on any atom is 0.0223 e. The van der Waals surface area contributed by atoms with Crippen LogP contribution < -0.4 is 5.32 Å². The van der Waals surface area contributed by atoms with E-state index in [1.54, 1.807) is 0 Å². The van der Waals surface area contributed by atoms with E-state index in [0.29, 0.717) is 5.41 Å². The molecule has 2 aliphatic heterocycles. The zero-order valence-electron chi connectivity index (χ0n) is 13.4. The zero-order chi connectivity index (χ0) is 13.9. The molecule has 2 bridgehead atoms. The third kappa shape index (κ3) is 4.73. The second-order valence-corrected chi connectivity index (χ2v) is 7.70. The molecule has 1 N–H and O–H groups in total. The summed E-state index contributed by atoms with van der Waals surface area (Å²) in [5.41, 5.74) is 0.456. The van der Waals surface area contributed by atoms with Crippen molar-refractivity contribution in [3.8, 4) is 0 Å². The van der Waals surface area contributed by atoms with Gasteiger partial charge in [0.25, 0.3) is 0 Å². The number of hydrogen-bond donors (Lipinski definition) is 1. The van der Waals surface area contributed by atoms with Gasteiger partial charge in [0.15, 0.2) is 0 Å². The Morgan fingerprint density at radius 2 is 1.79 bits per heavy atom. The lowest BCUT2D eigenvalue weighted by atomic mass is 9.92. The molecular weight excluding hydrogens is 234 g/mol. The molecule has 19 heavy (non-hydrogen) atoms. The monoisotopic (exact) mass is 267 g/mol. The lowest BCUT2D eigenvalue weighted by molar-refractivity contribution is 0.218. The van der Waals surface area contributed by atoms with E-state index >= 15 is 0 Å². The van der Waals surface area contributed by atoms with E-state index in [-0.39, 0.29) is 0 Å². The van der Waals surface area contributed by atoms with Gasteiger partial charge < -0.3 is 10.2 Å². The first-order chi connectivity index (χ1) is 8.96. The van der Waals surface area contributed by atoms with Crippen molar-refractivity contribution in [1.82, 2.24) is 15.1 Å². The van der Waals surface area contributed by atoms with Crippen LogP contribution in [0.15, 0.2) is 0 Å². The summed E-state index contributed by atoms with van der Waals surface area (Å²) in [6.45, 7) is 13.1. The van der Waals surface area contributed by atoms with Gasteiger partial charge >= 0.3 is 0 Å². The van der Waals surface area contributed by atoms with Crippen LogP contribution in [-0.4, -0.2) is 61.7 Å². The van der Waals surface area contributed by atoms with E-state index in [1.807, 2.05) is 0 Å². The van der Waals surface area contributed by atoms with Gasteiger partial charge in [0.1, 0.15) is 0 Å². The Labute approximate surface area is 119 Å². The van der Waals surface area contributed by atoms with Crippen LogP contribution in [0.4, 0.5) is 0 Å². The highest BCUT2D eigenvalue weighted by Crippen LogP contribution is 2.28. The Morgan fingerprint density at radius 1 is 1.05 bits per heavy atom. The van der Waals surface area contributed by atoms with Crippen molar-refractivity contribution in [2.45, 2.75) is 58.5 Å². The Balaban J connectivity index is 1.62. The number of hydrogen-bond acceptors (Lipinski definition) is 3. The van der Waals surface area contributed by atoms with Gasteiger partial charge in [0.2, 0.25) is 0 Å². The van der Waals surface area contributed by atoms with Gasteiger partial charge in [-0.25, -0.2) is 0 Å². The van der Waals surface area contributed by atoms with Crippen molar-refractivity contribution < 1.29 is 0 Å². The van der Waals surface area contributed by atoms with Crippen molar-refractivity contribution in [3.63, 3.8) is 0 Å². The summed E-state index contributed by atoms with van der Waals surface area (Å²) >= 11 is 0. The third-order valence-electron chi connectivity index (χ3n) is 4.89. The first-order valence-electron chi connectivity index (χ1n) is 8.11. The maximum atomic E-state index is 3.61. The predicted molar refractivity (Wildman–Crippen MR) is 82.6 cm³/mol. The summed E-state index contributed by atoms with van der Waals surface area (Å²) < 4.78 is 0. The fraction of sp³-hybridized carbons (Fsp3) is 1.00. The highest BCUT2D eigenvalue weighted by molar-refractivity contribution is 4.91. The molecule has 0 amide bonds. The SMILES string of the molecule is CN1C2CCC1CN(CCNCCC(C)(C)C)CC2. The first kappa shape index (κ1) is 15.3. The molecule has 3 heteroatoms. The normalized spacial score (nSPS) is 29.7. The molecule has 2 unspecified atom stereocenters. The third-order valence-corrected chi connectivity index (χ3v) is 4.89. The van der Waals surface area contributed by atoms with Crippen LogP contribution in [0.1, 0.15) is 46.5 Å². The molecule has 0 aromatic rings. The van der Waals surface area contributed by atoms with Crippen LogP contribution in [0.5, 0.6) is 0 Å². The number of fused-ring (bicyclic) bond motifs is 2. The van der Waals surface area contributed by atoms with E-state index in [9.17, 15) is 0 Å². The minimum Gasteiger partial charge on any atom is -0.315 e. The molecule has 2 atom stereocenters. The van der Waals surface area contributed by atoms with Gasteiger partial charge in [-0.05, 0) is 51.2 Å². The molecule has 0 aromatic heterocycles. The standard InChI is InChI=1S/C16H33N3/c1-16(2,3)8-9-17-10-12-19-11-7-14-5-6-15(13-19)18(14)4/h14-15,17H,5-13H2,1-4H3. The van der Waals surface area contributed by atoms with E-state index in [4.69, 9.17) is 0 Å². The highest BCUT2D eigenvalue weighted by atomic mass is 15.3. The molecule has 2 rings (SSSR count). The lowest BCUT2D eigenvalue weighted by Gasteiger charge is -2.26. The minimum atomic E-state index is 0.456.